The lowest BCUT2D eigenvalue weighted by atomic mass is 10.1. The molecule has 0 fully saturated rings. The van der Waals surface area contributed by atoms with Crippen LogP contribution in [0.3, 0.4) is 0 Å². The van der Waals surface area contributed by atoms with Crippen LogP contribution < -0.4 is 16.0 Å². The molecule has 12 heteroatoms. The van der Waals surface area contributed by atoms with Gasteiger partial charge in [0.25, 0.3) is 5.56 Å². The lowest BCUT2D eigenvalue weighted by molar-refractivity contribution is 0.582. The minimum absolute atomic E-state index is 0.0554. The van der Waals surface area contributed by atoms with E-state index in [9.17, 15) is 22.0 Å². The SMILES string of the molecule is Cc1ccc(CS(=O)(=O)Nc2c(F)cc(-c3nc4cnc(N)nc4n(C(C)C)c3=O)cc2F)cc1. The van der Waals surface area contributed by atoms with Gasteiger partial charge < -0.3 is 5.73 Å². The molecule has 0 saturated heterocycles. The van der Waals surface area contributed by atoms with Crippen molar-refractivity contribution >= 4 is 32.8 Å². The Balaban J connectivity index is 1.75. The summed E-state index contributed by atoms with van der Waals surface area (Å²) in [6.45, 7) is 5.32. The minimum atomic E-state index is -4.12. The number of hydrogen-bond acceptors (Lipinski definition) is 7. The molecule has 2 aromatic carbocycles. The molecule has 35 heavy (non-hydrogen) atoms. The van der Waals surface area contributed by atoms with E-state index in [1.165, 1.54) is 10.8 Å². The molecule has 0 saturated carbocycles. The lowest BCUT2D eigenvalue weighted by Crippen LogP contribution is -2.26. The van der Waals surface area contributed by atoms with E-state index in [0.29, 0.717) is 5.56 Å². The zero-order chi connectivity index (χ0) is 25.5. The molecule has 0 atom stereocenters. The van der Waals surface area contributed by atoms with Crippen LogP contribution in [0.15, 0.2) is 47.4 Å². The number of nitrogens with one attached hydrogen (secondary N) is 1. The highest BCUT2D eigenvalue weighted by Gasteiger charge is 2.22. The van der Waals surface area contributed by atoms with Crippen LogP contribution >= 0.6 is 0 Å². The van der Waals surface area contributed by atoms with Crippen LogP contribution in [-0.2, 0) is 15.8 Å². The number of nitrogens with zero attached hydrogens (tertiary/aromatic N) is 4. The summed E-state index contributed by atoms with van der Waals surface area (Å²) in [5.41, 5.74) is 5.52. The summed E-state index contributed by atoms with van der Waals surface area (Å²) in [6, 6.07) is 8.04. The van der Waals surface area contributed by atoms with E-state index in [4.69, 9.17) is 5.73 Å². The Bertz CT molecular complexity index is 1580. The first-order valence-corrected chi connectivity index (χ1v) is 12.2. The maximum Gasteiger partial charge on any atom is 0.278 e. The second-order valence-corrected chi connectivity index (χ2v) is 10.1. The minimum Gasteiger partial charge on any atom is -0.368 e. The number of fused-ring (bicyclic) bond motifs is 1. The highest BCUT2D eigenvalue weighted by molar-refractivity contribution is 7.91. The van der Waals surface area contributed by atoms with Crippen LogP contribution in [0.2, 0.25) is 0 Å². The van der Waals surface area contributed by atoms with Gasteiger partial charge in [0.1, 0.15) is 16.9 Å². The van der Waals surface area contributed by atoms with Crippen molar-refractivity contribution in [2.24, 2.45) is 0 Å². The summed E-state index contributed by atoms with van der Waals surface area (Å²) < 4.78 is 58.2. The molecule has 0 radical (unpaired) electrons. The molecule has 0 bridgehead atoms. The highest BCUT2D eigenvalue weighted by Crippen LogP contribution is 2.28. The topological polar surface area (TPSA) is 133 Å². The number of halogens is 2. The maximum atomic E-state index is 14.9. The average Bonchev–Trinajstić information content (AvgIpc) is 2.77. The Labute approximate surface area is 199 Å². The summed E-state index contributed by atoms with van der Waals surface area (Å²) in [7, 11) is -4.12. The zero-order valence-corrected chi connectivity index (χ0v) is 19.9. The quantitative estimate of drug-likeness (QED) is 0.414. The van der Waals surface area contributed by atoms with Crippen molar-refractivity contribution in [3.8, 4) is 11.3 Å². The third-order valence-electron chi connectivity index (χ3n) is 5.22. The number of benzene rings is 2. The third-order valence-corrected chi connectivity index (χ3v) is 6.45. The molecule has 0 amide bonds. The molecule has 4 aromatic rings. The van der Waals surface area contributed by atoms with Crippen molar-refractivity contribution in [2.45, 2.75) is 32.6 Å². The highest BCUT2D eigenvalue weighted by atomic mass is 32.2. The maximum absolute atomic E-state index is 14.9. The van der Waals surface area contributed by atoms with Crippen LogP contribution in [0.25, 0.3) is 22.4 Å². The van der Waals surface area contributed by atoms with Crippen molar-refractivity contribution in [1.82, 2.24) is 19.5 Å². The van der Waals surface area contributed by atoms with Gasteiger partial charge in [-0.05, 0) is 38.5 Å². The summed E-state index contributed by atoms with van der Waals surface area (Å²) in [6.07, 6.45) is 1.31. The number of aromatic nitrogens is 4. The average molecular weight is 501 g/mol. The molecule has 3 N–H and O–H groups in total. The van der Waals surface area contributed by atoms with E-state index >= 15 is 0 Å². The fraction of sp³-hybridized carbons (Fsp3) is 0.217. The van der Waals surface area contributed by atoms with E-state index in [1.54, 1.807) is 38.1 Å². The third kappa shape index (κ3) is 4.97. The summed E-state index contributed by atoms with van der Waals surface area (Å²) in [4.78, 5) is 25.3. The van der Waals surface area contributed by atoms with Crippen molar-refractivity contribution in [3.63, 3.8) is 0 Å². The number of nitrogens with two attached hydrogens (primary N) is 1. The van der Waals surface area contributed by atoms with Gasteiger partial charge in [0.15, 0.2) is 17.3 Å². The molecule has 9 nitrogen and oxygen atoms in total. The largest absolute Gasteiger partial charge is 0.368 e. The summed E-state index contributed by atoms with van der Waals surface area (Å²) in [5.74, 6) is -2.92. The first kappa shape index (κ1) is 24.2. The summed E-state index contributed by atoms with van der Waals surface area (Å²) >= 11 is 0. The van der Waals surface area contributed by atoms with Crippen LogP contribution in [0.4, 0.5) is 20.4 Å². The van der Waals surface area contributed by atoms with Crippen molar-refractivity contribution in [3.05, 3.63) is 75.7 Å². The number of hydrogen-bond donors (Lipinski definition) is 2. The monoisotopic (exact) mass is 500 g/mol. The van der Waals surface area contributed by atoms with Gasteiger partial charge in [-0.2, -0.15) is 4.98 Å². The van der Waals surface area contributed by atoms with Crippen LogP contribution in [-0.4, -0.2) is 27.9 Å². The predicted octanol–water partition coefficient (Wildman–Crippen LogP) is 3.55. The van der Waals surface area contributed by atoms with Gasteiger partial charge >= 0.3 is 0 Å². The van der Waals surface area contributed by atoms with Crippen LogP contribution in [0, 0.1) is 18.6 Å². The van der Waals surface area contributed by atoms with Gasteiger partial charge in [0.05, 0.1) is 11.9 Å². The molecular weight excluding hydrogens is 478 g/mol. The smallest absolute Gasteiger partial charge is 0.278 e. The number of nitrogen functional groups attached to an aromatic ring is 1. The molecular formula is C23H22F2N6O3S. The Hall–Kier alpha value is -3.93. The molecule has 4 rings (SSSR count). The summed E-state index contributed by atoms with van der Waals surface area (Å²) in [5, 5.41) is 0. The molecule has 0 aliphatic carbocycles. The second kappa shape index (κ2) is 9.02. The first-order valence-electron chi connectivity index (χ1n) is 10.6. The Morgan fingerprint density at radius 3 is 2.31 bits per heavy atom. The van der Waals surface area contributed by atoms with E-state index in [-0.39, 0.29) is 34.4 Å². The molecule has 182 valence electrons. The molecule has 0 spiro atoms. The molecule has 0 aliphatic rings. The van der Waals surface area contributed by atoms with Crippen molar-refractivity contribution in [2.75, 3.05) is 10.5 Å². The Morgan fingerprint density at radius 2 is 1.71 bits per heavy atom. The number of sulfonamides is 1. The predicted molar refractivity (Wildman–Crippen MR) is 129 cm³/mol. The van der Waals surface area contributed by atoms with E-state index in [2.05, 4.69) is 15.0 Å². The molecule has 0 aliphatic heterocycles. The fourth-order valence-electron chi connectivity index (χ4n) is 3.58. The lowest BCUT2D eigenvalue weighted by Gasteiger charge is -2.15. The fourth-order valence-corrected chi connectivity index (χ4v) is 4.79. The molecule has 0 unspecified atom stereocenters. The van der Waals surface area contributed by atoms with E-state index in [0.717, 1.165) is 17.7 Å². The number of anilines is 2. The number of aryl methyl sites for hydroxylation is 1. The van der Waals surface area contributed by atoms with Gasteiger partial charge in [-0.1, -0.05) is 29.8 Å². The first-order chi connectivity index (χ1) is 16.4. The van der Waals surface area contributed by atoms with Gasteiger partial charge in [0.2, 0.25) is 16.0 Å². The van der Waals surface area contributed by atoms with Gasteiger partial charge in [0, 0.05) is 11.6 Å². The Kier molecular flexibility index (Phi) is 6.24. The molecule has 2 heterocycles. The van der Waals surface area contributed by atoms with Gasteiger partial charge in [-0.3, -0.25) is 14.1 Å². The van der Waals surface area contributed by atoms with Crippen LogP contribution in [0.1, 0.15) is 31.0 Å². The van der Waals surface area contributed by atoms with Gasteiger partial charge in [-0.15, -0.1) is 0 Å². The van der Waals surface area contributed by atoms with E-state index in [1.807, 2.05) is 11.6 Å². The van der Waals surface area contributed by atoms with Gasteiger partial charge in [-0.25, -0.2) is 27.2 Å². The van der Waals surface area contributed by atoms with Crippen molar-refractivity contribution in [1.29, 1.82) is 0 Å². The standard InChI is InChI=1S/C23H22F2N6O3S/c1-12(2)31-21-18(10-27-23(26)29-21)28-19(22(31)32)15-8-16(24)20(17(25)9-15)30-35(33,34)11-14-6-4-13(3)5-7-14/h4-10,12,30H,11H2,1-3H3,(H2,26,27,29). The Morgan fingerprint density at radius 1 is 1.09 bits per heavy atom. The van der Waals surface area contributed by atoms with Crippen LogP contribution in [0.5, 0.6) is 0 Å². The normalized spacial score (nSPS) is 11.8. The molecule has 2 aromatic heterocycles. The van der Waals surface area contributed by atoms with E-state index < -0.39 is 38.7 Å². The van der Waals surface area contributed by atoms with Crippen molar-refractivity contribution < 1.29 is 17.2 Å². The number of rotatable bonds is 6. The second-order valence-electron chi connectivity index (χ2n) is 8.33. The zero-order valence-electron chi connectivity index (χ0n) is 19.1.